The zero-order valence-corrected chi connectivity index (χ0v) is 11.6. The summed E-state index contributed by atoms with van der Waals surface area (Å²) < 4.78 is 4.78. The van der Waals surface area contributed by atoms with Crippen LogP contribution in [-0.4, -0.2) is 37.4 Å². The number of anilines is 1. The fourth-order valence-electron chi connectivity index (χ4n) is 2.52. The molecule has 4 heteroatoms. The van der Waals surface area contributed by atoms with Crippen molar-refractivity contribution >= 4 is 11.7 Å². The number of aliphatic hydroxyl groups excluding tert-OH is 1. The van der Waals surface area contributed by atoms with E-state index in [0.29, 0.717) is 5.56 Å². The van der Waals surface area contributed by atoms with Crippen molar-refractivity contribution in [2.75, 3.05) is 25.1 Å². The number of aliphatic hydroxyl groups is 1. The predicted octanol–water partition coefficient (Wildman–Crippen LogP) is 2.13. The van der Waals surface area contributed by atoms with Crippen molar-refractivity contribution in [2.45, 2.75) is 32.3 Å². The van der Waals surface area contributed by atoms with Gasteiger partial charge in [-0.25, -0.2) is 4.79 Å². The van der Waals surface area contributed by atoms with E-state index in [1.165, 1.54) is 7.11 Å². The van der Waals surface area contributed by atoms with Crippen molar-refractivity contribution in [3.05, 3.63) is 29.3 Å². The first-order valence-electron chi connectivity index (χ1n) is 6.73. The first-order valence-corrected chi connectivity index (χ1v) is 6.73. The van der Waals surface area contributed by atoms with E-state index in [2.05, 4.69) is 11.0 Å². The van der Waals surface area contributed by atoms with Crippen LogP contribution in [0.25, 0.3) is 0 Å². The highest BCUT2D eigenvalue weighted by atomic mass is 16.5. The number of methoxy groups -OCH3 is 1. The molecular weight excluding hydrogens is 242 g/mol. The molecule has 1 atom stereocenters. The van der Waals surface area contributed by atoms with Gasteiger partial charge in [0.15, 0.2) is 0 Å². The number of hydrogen-bond acceptors (Lipinski definition) is 4. The van der Waals surface area contributed by atoms with Crippen LogP contribution in [0.1, 0.15) is 35.2 Å². The van der Waals surface area contributed by atoms with Crippen LogP contribution in [0.5, 0.6) is 0 Å². The molecule has 1 fully saturated rings. The highest BCUT2D eigenvalue weighted by molar-refractivity contribution is 5.90. The van der Waals surface area contributed by atoms with Crippen molar-refractivity contribution in [2.24, 2.45) is 0 Å². The Kier molecular flexibility index (Phi) is 4.43. The molecule has 0 spiro atoms. The summed E-state index contributed by atoms with van der Waals surface area (Å²) in [5.74, 6) is -0.306. The van der Waals surface area contributed by atoms with Crippen LogP contribution in [-0.2, 0) is 4.74 Å². The molecule has 1 aliphatic rings. The van der Waals surface area contributed by atoms with Gasteiger partial charge in [-0.1, -0.05) is 0 Å². The Labute approximate surface area is 114 Å². The number of benzene rings is 1. The van der Waals surface area contributed by atoms with Gasteiger partial charge >= 0.3 is 5.97 Å². The van der Waals surface area contributed by atoms with Gasteiger partial charge in [-0.2, -0.15) is 0 Å². The number of ether oxygens (including phenoxy) is 1. The van der Waals surface area contributed by atoms with Gasteiger partial charge in [0.05, 0.1) is 18.8 Å². The number of carbonyl (C=O) groups is 1. The van der Waals surface area contributed by atoms with Crippen LogP contribution in [0.4, 0.5) is 5.69 Å². The second kappa shape index (κ2) is 6.06. The third kappa shape index (κ3) is 3.47. The SMILES string of the molecule is COC(=O)c1cc(C)cc(N2CCCC(O)CC2)c1. The molecular formula is C15H21NO3. The number of esters is 1. The van der Waals surface area contributed by atoms with E-state index in [1.54, 1.807) is 0 Å². The highest BCUT2D eigenvalue weighted by Gasteiger charge is 2.17. The van der Waals surface area contributed by atoms with Crippen molar-refractivity contribution < 1.29 is 14.6 Å². The molecule has 1 aromatic rings. The van der Waals surface area contributed by atoms with Gasteiger partial charge in [0.25, 0.3) is 0 Å². The van der Waals surface area contributed by atoms with Crippen LogP contribution in [0.3, 0.4) is 0 Å². The zero-order chi connectivity index (χ0) is 13.8. The minimum atomic E-state index is -0.306. The Morgan fingerprint density at radius 1 is 1.32 bits per heavy atom. The van der Waals surface area contributed by atoms with Crippen LogP contribution in [0, 0.1) is 6.92 Å². The molecule has 19 heavy (non-hydrogen) atoms. The molecule has 0 amide bonds. The van der Waals surface area contributed by atoms with Crippen LogP contribution in [0.15, 0.2) is 18.2 Å². The van der Waals surface area contributed by atoms with Crippen LogP contribution >= 0.6 is 0 Å². The van der Waals surface area contributed by atoms with Gasteiger partial charge in [0, 0.05) is 18.8 Å². The largest absolute Gasteiger partial charge is 0.465 e. The molecule has 2 rings (SSSR count). The molecule has 1 unspecified atom stereocenters. The number of aryl methyl sites for hydroxylation is 1. The maximum atomic E-state index is 11.6. The molecule has 1 heterocycles. The molecule has 1 aliphatic heterocycles. The molecule has 0 aliphatic carbocycles. The first-order chi connectivity index (χ1) is 9.10. The zero-order valence-electron chi connectivity index (χ0n) is 11.6. The molecule has 0 radical (unpaired) electrons. The summed E-state index contributed by atoms with van der Waals surface area (Å²) in [6.45, 7) is 3.72. The molecule has 1 saturated heterocycles. The number of nitrogens with zero attached hydrogens (tertiary/aromatic N) is 1. The summed E-state index contributed by atoms with van der Waals surface area (Å²) in [4.78, 5) is 13.9. The molecule has 4 nitrogen and oxygen atoms in total. The van der Waals surface area contributed by atoms with E-state index in [4.69, 9.17) is 4.74 Å². The van der Waals surface area contributed by atoms with E-state index in [1.807, 2.05) is 19.1 Å². The Morgan fingerprint density at radius 3 is 2.84 bits per heavy atom. The van der Waals surface area contributed by atoms with E-state index in [-0.39, 0.29) is 12.1 Å². The summed E-state index contributed by atoms with van der Waals surface area (Å²) in [7, 11) is 1.40. The normalized spacial score (nSPS) is 19.9. The average Bonchev–Trinajstić information content (AvgIpc) is 2.62. The standard InChI is InChI=1S/C15H21NO3/c1-11-8-12(15(18)19-2)10-13(9-11)16-6-3-4-14(17)5-7-16/h8-10,14,17H,3-7H2,1-2H3. The monoisotopic (exact) mass is 263 g/mol. The molecule has 0 aromatic heterocycles. The van der Waals surface area contributed by atoms with Crippen molar-refractivity contribution in [3.8, 4) is 0 Å². The molecule has 0 bridgehead atoms. The third-order valence-corrected chi connectivity index (χ3v) is 3.55. The predicted molar refractivity (Wildman–Crippen MR) is 74.6 cm³/mol. The van der Waals surface area contributed by atoms with E-state index < -0.39 is 0 Å². The van der Waals surface area contributed by atoms with Gasteiger partial charge in [-0.05, 0) is 49.9 Å². The second-order valence-corrected chi connectivity index (χ2v) is 5.12. The van der Waals surface area contributed by atoms with E-state index in [0.717, 1.165) is 43.6 Å². The fraction of sp³-hybridized carbons (Fsp3) is 0.533. The highest BCUT2D eigenvalue weighted by Crippen LogP contribution is 2.23. The van der Waals surface area contributed by atoms with Gasteiger partial charge in [0.2, 0.25) is 0 Å². The Balaban J connectivity index is 2.23. The molecule has 104 valence electrons. The van der Waals surface area contributed by atoms with Crippen molar-refractivity contribution in [3.63, 3.8) is 0 Å². The van der Waals surface area contributed by atoms with Gasteiger partial charge in [-0.3, -0.25) is 0 Å². The molecule has 1 aromatic carbocycles. The Hall–Kier alpha value is -1.55. The summed E-state index contributed by atoms with van der Waals surface area (Å²) in [5.41, 5.74) is 2.67. The summed E-state index contributed by atoms with van der Waals surface area (Å²) in [5, 5.41) is 9.69. The fourth-order valence-corrected chi connectivity index (χ4v) is 2.52. The Bertz CT molecular complexity index is 459. The van der Waals surface area contributed by atoms with Crippen LogP contribution in [0.2, 0.25) is 0 Å². The first kappa shape index (κ1) is 13.9. The quantitative estimate of drug-likeness (QED) is 0.830. The van der Waals surface area contributed by atoms with Gasteiger partial charge in [-0.15, -0.1) is 0 Å². The lowest BCUT2D eigenvalue weighted by atomic mass is 10.1. The topological polar surface area (TPSA) is 49.8 Å². The summed E-state index contributed by atoms with van der Waals surface area (Å²) in [6, 6.07) is 5.78. The Morgan fingerprint density at radius 2 is 2.11 bits per heavy atom. The smallest absolute Gasteiger partial charge is 0.337 e. The average molecular weight is 263 g/mol. The third-order valence-electron chi connectivity index (χ3n) is 3.55. The minimum absolute atomic E-state index is 0.199. The van der Waals surface area contributed by atoms with E-state index in [9.17, 15) is 9.90 Å². The van der Waals surface area contributed by atoms with Crippen molar-refractivity contribution in [1.29, 1.82) is 0 Å². The van der Waals surface area contributed by atoms with Crippen molar-refractivity contribution in [1.82, 2.24) is 0 Å². The molecule has 1 N–H and O–H groups in total. The lowest BCUT2D eigenvalue weighted by molar-refractivity contribution is 0.0600. The maximum absolute atomic E-state index is 11.6. The van der Waals surface area contributed by atoms with Gasteiger partial charge in [0.1, 0.15) is 0 Å². The summed E-state index contributed by atoms with van der Waals surface area (Å²) in [6.07, 6.45) is 2.41. The van der Waals surface area contributed by atoms with E-state index >= 15 is 0 Å². The maximum Gasteiger partial charge on any atom is 0.337 e. The second-order valence-electron chi connectivity index (χ2n) is 5.12. The lowest BCUT2D eigenvalue weighted by Gasteiger charge is -2.23. The van der Waals surface area contributed by atoms with Crippen LogP contribution < -0.4 is 4.90 Å². The number of rotatable bonds is 2. The minimum Gasteiger partial charge on any atom is -0.465 e. The number of carbonyl (C=O) groups excluding carboxylic acids is 1. The molecule has 0 saturated carbocycles. The van der Waals surface area contributed by atoms with Gasteiger partial charge < -0.3 is 14.7 Å². The number of hydrogen-bond donors (Lipinski definition) is 1. The summed E-state index contributed by atoms with van der Waals surface area (Å²) >= 11 is 0. The lowest BCUT2D eigenvalue weighted by Crippen LogP contribution is -2.25.